The zero-order valence-electron chi connectivity index (χ0n) is 20.4. The van der Waals surface area contributed by atoms with Crippen molar-refractivity contribution in [3.05, 3.63) is 59.7 Å². The van der Waals surface area contributed by atoms with E-state index in [1.165, 1.54) is 14.2 Å². The Labute approximate surface area is 201 Å². The fourth-order valence-electron chi connectivity index (χ4n) is 4.33. The number of carbonyl (C=O) groups is 2. The Morgan fingerprint density at radius 3 is 1.35 bits per heavy atom. The van der Waals surface area contributed by atoms with E-state index < -0.39 is 24.0 Å². The summed E-state index contributed by atoms with van der Waals surface area (Å²) < 4.78 is 10.9. The van der Waals surface area contributed by atoms with Crippen molar-refractivity contribution < 1.29 is 29.3 Å². The quantitative estimate of drug-likeness (QED) is 0.400. The number of carboxylic acid groups (broad SMARTS) is 2. The number of carboxylic acids is 2. The summed E-state index contributed by atoms with van der Waals surface area (Å²) >= 11 is 0. The first-order valence-electron chi connectivity index (χ1n) is 11.6. The lowest BCUT2D eigenvalue weighted by Gasteiger charge is -2.34. The second kappa shape index (κ2) is 13.6. The van der Waals surface area contributed by atoms with Gasteiger partial charge in [0, 0.05) is 24.2 Å². The highest BCUT2D eigenvalue weighted by atomic mass is 16.5. The fourth-order valence-corrected chi connectivity index (χ4v) is 4.33. The van der Waals surface area contributed by atoms with Crippen LogP contribution in [0.25, 0.3) is 0 Å². The van der Waals surface area contributed by atoms with E-state index in [0.717, 1.165) is 12.8 Å². The molecule has 0 aliphatic carbocycles. The van der Waals surface area contributed by atoms with E-state index in [4.69, 9.17) is 9.47 Å². The van der Waals surface area contributed by atoms with E-state index in [1.54, 1.807) is 48.5 Å². The monoisotopic (exact) mass is 472 g/mol. The van der Waals surface area contributed by atoms with Gasteiger partial charge in [-0.25, -0.2) is 0 Å². The van der Waals surface area contributed by atoms with Crippen LogP contribution < -0.4 is 9.47 Å². The predicted molar refractivity (Wildman–Crippen MR) is 130 cm³/mol. The summed E-state index contributed by atoms with van der Waals surface area (Å²) in [6.07, 6.45) is 1.50. The highest BCUT2D eigenvalue weighted by Gasteiger charge is 2.33. The van der Waals surface area contributed by atoms with Gasteiger partial charge in [-0.1, -0.05) is 50.2 Å². The molecule has 186 valence electrons. The third-order valence-electron chi connectivity index (χ3n) is 5.76. The highest BCUT2D eigenvalue weighted by molar-refractivity contribution is 5.77. The summed E-state index contributed by atoms with van der Waals surface area (Å²) in [5, 5.41) is 20.3. The molecule has 2 rings (SSSR count). The van der Waals surface area contributed by atoms with Gasteiger partial charge < -0.3 is 19.7 Å². The molecule has 0 aliphatic heterocycles. The predicted octanol–water partition coefficient (Wildman–Crippen LogP) is 4.08. The molecule has 0 radical (unpaired) electrons. The SMILES string of the molecule is CCCN(CCN(CCC)C(C(=O)O)c1ccccc1OC)C(C(=O)O)c1ccccc1OC. The zero-order chi connectivity index (χ0) is 25.1. The summed E-state index contributed by atoms with van der Waals surface area (Å²) in [7, 11) is 3.05. The minimum absolute atomic E-state index is 0.377. The maximum atomic E-state index is 12.4. The van der Waals surface area contributed by atoms with Crippen LogP contribution >= 0.6 is 0 Å². The van der Waals surface area contributed by atoms with Crippen molar-refractivity contribution in [2.45, 2.75) is 38.8 Å². The third kappa shape index (κ3) is 6.71. The van der Waals surface area contributed by atoms with Crippen molar-refractivity contribution >= 4 is 11.9 Å². The van der Waals surface area contributed by atoms with E-state index >= 15 is 0 Å². The molecule has 0 saturated carbocycles. The van der Waals surface area contributed by atoms with Gasteiger partial charge in [0.25, 0.3) is 0 Å². The molecule has 2 N–H and O–H groups in total. The number of hydrogen-bond donors (Lipinski definition) is 2. The van der Waals surface area contributed by atoms with Crippen LogP contribution in [-0.2, 0) is 9.59 Å². The number of nitrogens with zero attached hydrogens (tertiary/aromatic N) is 2. The van der Waals surface area contributed by atoms with E-state index in [2.05, 4.69) is 0 Å². The highest BCUT2D eigenvalue weighted by Crippen LogP contribution is 2.32. The average Bonchev–Trinajstić information content (AvgIpc) is 2.82. The van der Waals surface area contributed by atoms with Gasteiger partial charge in [-0.05, 0) is 38.1 Å². The van der Waals surface area contributed by atoms with E-state index in [-0.39, 0.29) is 0 Å². The Morgan fingerprint density at radius 2 is 1.06 bits per heavy atom. The first kappa shape index (κ1) is 27.1. The number of rotatable bonds is 15. The number of benzene rings is 2. The van der Waals surface area contributed by atoms with Gasteiger partial charge in [0.15, 0.2) is 0 Å². The van der Waals surface area contributed by atoms with Gasteiger partial charge in [-0.15, -0.1) is 0 Å². The number of aliphatic carboxylic acids is 2. The molecule has 0 bridgehead atoms. The summed E-state index contributed by atoms with van der Waals surface area (Å²) in [6, 6.07) is 12.4. The van der Waals surface area contributed by atoms with Gasteiger partial charge in [0.1, 0.15) is 23.6 Å². The number of methoxy groups -OCH3 is 2. The molecular weight excluding hydrogens is 436 g/mol. The van der Waals surface area contributed by atoms with Crippen LogP contribution in [0, 0.1) is 0 Å². The molecule has 8 heteroatoms. The van der Waals surface area contributed by atoms with Crippen molar-refractivity contribution in [2.75, 3.05) is 40.4 Å². The molecular formula is C26H36N2O6. The van der Waals surface area contributed by atoms with E-state index in [0.29, 0.717) is 48.8 Å². The Bertz CT molecular complexity index is 860. The van der Waals surface area contributed by atoms with Gasteiger partial charge in [0.2, 0.25) is 0 Å². The molecule has 0 amide bonds. The van der Waals surface area contributed by atoms with Crippen LogP contribution in [-0.4, -0.2) is 72.4 Å². The van der Waals surface area contributed by atoms with Crippen LogP contribution in [0.4, 0.5) is 0 Å². The standard InChI is InChI=1S/C26H36N2O6/c1-5-15-27(23(25(29)30)19-11-7-9-13-21(19)33-3)17-18-28(16-6-2)24(26(31)32)20-12-8-10-14-22(20)34-4/h7-14,23-24H,5-6,15-18H2,1-4H3,(H,29,30)(H,31,32). The molecule has 2 aromatic carbocycles. The lowest BCUT2D eigenvalue weighted by atomic mass is 10.0. The molecule has 0 aliphatic rings. The van der Waals surface area contributed by atoms with Gasteiger partial charge >= 0.3 is 11.9 Å². The van der Waals surface area contributed by atoms with Crippen LogP contribution in [0.5, 0.6) is 11.5 Å². The summed E-state index contributed by atoms with van der Waals surface area (Å²) in [6.45, 7) is 5.83. The van der Waals surface area contributed by atoms with Crippen molar-refractivity contribution in [1.82, 2.24) is 9.80 Å². The van der Waals surface area contributed by atoms with Gasteiger partial charge in [-0.3, -0.25) is 19.4 Å². The molecule has 0 heterocycles. The van der Waals surface area contributed by atoms with Crippen molar-refractivity contribution in [1.29, 1.82) is 0 Å². The Balaban J connectivity index is 2.38. The molecule has 8 nitrogen and oxygen atoms in total. The van der Waals surface area contributed by atoms with Crippen molar-refractivity contribution in [3.63, 3.8) is 0 Å². The van der Waals surface area contributed by atoms with E-state index in [9.17, 15) is 19.8 Å². The number of ether oxygens (including phenoxy) is 2. The third-order valence-corrected chi connectivity index (χ3v) is 5.76. The largest absolute Gasteiger partial charge is 0.496 e. The minimum Gasteiger partial charge on any atom is -0.496 e. The molecule has 2 aromatic rings. The van der Waals surface area contributed by atoms with E-state index in [1.807, 2.05) is 23.6 Å². The summed E-state index contributed by atoms with van der Waals surface area (Å²) in [5.74, 6) is -0.920. The summed E-state index contributed by atoms with van der Waals surface area (Å²) in [4.78, 5) is 28.5. The number of para-hydroxylation sites is 2. The van der Waals surface area contributed by atoms with Crippen LogP contribution in [0.15, 0.2) is 48.5 Å². The van der Waals surface area contributed by atoms with Crippen molar-refractivity contribution in [3.8, 4) is 11.5 Å². The average molecular weight is 473 g/mol. The topological polar surface area (TPSA) is 99.5 Å². The number of hydrogen-bond acceptors (Lipinski definition) is 6. The maximum absolute atomic E-state index is 12.4. The van der Waals surface area contributed by atoms with Crippen molar-refractivity contribution in [2.24, 2.45) is 0 Å². The lowest BCUT2D eigenvalue weighted by molar-refractivity contribution is -0.146. The Morgan fingerprint density at radius 1 is 0.706 bits per heavy atom. The molecule has 0 saturated heterocycles. The molecule has 2 unspecified atom stereocenters. The molecule has 34 heavy (non-hydrogen) atoms. The van der Waals surface area contributed by atoms with Gasteiger partial charge in [0.05, 0.1) is 14.2 Å². The fraction of sp³-hybridized carbons (Fsp3) is 0.462. The van der Waals surface area contributed by atoms with Crippen LogP contribution in [0.3, 0.4) is 0 Å². The maximum Gasteiger partial charge on any atom is 0.325 e. The van der Waals surface area contributed by atoms with Crippen LogP contribution in [0.1, 0.15) is 49.9 Å². The lowest BCUT2D eigenvalue weighted by Crippen LogP contribution is -2.43. The molecule has 0 spiro atoms. The Hall–Kier alpha value is -3.10. The smallest absolute Gasteiger partial charge is 0.325 e. The second-order valence-corrected chi connectivity index (χ2v) is 8.04. The minimum atomic E-state index is -0.973. The molecule has 2 atom stereocenters. The first-order chi connectivity index (χ1) is 16.4. The molecule has 0 aromatic heterocycles. The molecule has 0 fully saturated rings. The zero-order valence-corrected chi connectivity index (χ0v) is 20.4. The first-order valence-corrected chi connectivity index (χ1v) is 11.6. The second-order valence-electron chi connectivity index (χ2n) is 8.04. The summed E-state index contributed by atoms with van der Waals surface area (Å²) in [5.41, 5.74) is 1.15. The van der Waals surface area contributed by atoms with Gasteiger partial charge in [-0.2, -0.15) is 0 Å². The normalized spacial score (nSPS) is 13.0. The van der Waals surface area contributed by atoms with Crippen LogP contribution in [0.2, 0.25) is 0 Å². The Kier molecular flexibility index (Phi) is 10.8.